The molecule has 1 saturated heterocycles. The van der Waals surface area contributed by atoms with E-state index in [-0.39, 0.29) is 11.9 Å². The van der Waals surface area contributed by atoms with Gasteiger partial charge in [-0.3, -0.25) is 4.79 Å². The summed E-state index contributed by atoms with van der Waals surface area (Å²) in [5, 5.41) is 3.03. The van der Waals surface area contributed by atoms with Crippen molar-refractivity contribution >= 4 is 11.6 Å². The van der Waals surface area contributed by atoms with Gasteiger partial charge < -0.3 is 14.8 Å². The Morgan fingerprint density at radius 2 is 2.05 bits per heavy atom. The van der Waals surface area contributed by atoms with Crippen molar-refractivity contribution in [2.75, 3.05) is 11.9 Å². The van der Waals surface area contributed by atoms with Gasteiger partial charge in [0.25, 0.3) is 5.91 Å². The zero-order valence-corrected chi connectivity index (χ0v) is 13.3. The smallest absolute Gasteiger partial charge is 0.282 e. The van der Waals surface area contributed by atoms with Crippen LogP contribution in [0.25, 0.3) is 0 Å². The number of quaternary nitrogens is 1. The molecule has 2 aromatic rings. The molecule has 0 spiro atoms. The number of rotatable bonds is 4. The molecule has 4 heteroatoms. The number of benzene rings is 1. The van der Waals surface area contributed by atoms with Gasteiger partial charge in [-0.1, -0.05) is 18.2 Å². The number of carbonyl (C=O) groups excluding carboxylic acids is 1. The van der Waals surface area contributed by atoms with E-state index in [0.29, 0.717) is 6.04 Å². The molecule has 4 nitrogen and oxygen atoms in total. The van der Waals surface area contributed by atoms with Crippen molar-refractivity contribution in [2.24, 2.45) is 7.05 Å². The topological polar surface area (TPSA) is 38.5 Å². The molecular formula is C18H24N3O+. The molecule has 1 aromatic heterocycles. The van der Waals surface area contributed by atoms with Gasteiger partial charge in [-0.25, -0.2) is 0 Å². The Kier molecular flexibility index (Phi) is 4.29. The van der Waals surface area contributed by atoms with Crippen molar-refractivity contribution < 1.29 is 9.69 Å². The average molecular weight is 298 g/mol. The summed E-state index contributed by atoms with van der Waals surface area (Å²) < 4.78 is 2.18. The highest BCUT2D eigenvalue weighted by atomic mass is 16.2. The summed E-state index contributed by atoms with van der Waals surface area (Å²) >= 11 is 0. The third-order valence-corrected chi connectivity index (χ3v) is 4.74. The van der Waals surface area contributed by atoms with E-state index in [2.05, 4.69) is 35.3 Å². The molecule has 0 aliphatic carbocycles. The first kappa shape index (κ1) is 14.9. The third-order valence-electron chi connectivity index (χ3n) is 4.74. The normalized spacial score (nSPS) is 22.5. The number of carbonyl (C=O) groups is 1. The van der Waals surface area contributed by atoms with Crippen molar-refractivity contribution in [1.29, 1.82) is 0 Å². The van der Waals surface area contributed by atoms with Gasteiger partial charge in [0, 0.05) is 31.8 Å². The Bertz CT molecular complexity index is 635. The largest absolute Gasteiger partial charge is 0.350 e. The number of hydrogen-bond acceptors (Lipinski definition) is 1. The minimum Gasteiger partial charge on any atom is -0.350 e. The van der Waals surface area contributed by atoms with E-state index in [0.717, 1.165) is 18.7 Å². The molecule has 116 valence electrons. The second kappa shape index (κ2) is 6.36. The summed E-state index contributed by atoms with van der Waals surface area (Å²) in [5.41, 5.74) is 2.19. The summed E-state index contributed by atoms with van der Waals surface area (Å²) in [6, 6.07) is 14.3. The summed E-state index contributed by atoms with van der Waals surface area (Å²) in [4.78, 5) is 13.9. The summed E-state index contributed by atoms with van der Waals surface area (Å²) in [6.07, 6.45) is 4.41. The van der Waals surface area contributed by atoms with Crippen LogP contribution in [0.5, 0.6) is 0 Å². The van der Waals surface area contributed by atoms with Gasteiger partial charge in [-0.2, -0.15) is 0 Å². The number of para-hydroxylation sites is 1. The molecule has 3 rings (SSSR count). The van der Waals surface area contributed by atoms with Crippen molar-refractivity contribution in [1.82, 2.24) is 4.57 Å². The Morgan fingerprint density at radius 3 is 2.73 bits per heavy atom. The Hall–Kier alpha value is -2.07. The maximum absolute atomic E-state index is 12.6. The van der Waals surface area contributed by atoms with Gasteiger partial charge in [0.15, 0.2) is 6.04 Å². The fourth-order valence-electron chi connectivity index (χ4n) is 3.50. The third kappa shape index (κ3) is 2.92. The highest BCUT2D eigenvalue weighted by Crippen LogP contribution is 2.20. The van der Waals surface area contributed by atoms with E-state index in [1.54, 1.807) is 0 Å². The molecule has 1 unspecified atom stereocenters. The lowest BCUT2D eigenvalue weighted by atomic mass is 10.1. The Balaban J connectivity index is 1.72. The first-order valence-electron chi connectivity index (χ1n) is 7.99. The highest BCUT2D eigenvalue weighted by molar-refractivity contribution is 5.93. The van der Waals surface area contributed by atoms with E-state index in [1.165, 1.54) is 17.0 Å². The van der Waals surface area contributed by atoms with Crippen LogP contribution in [0.15, 0.2) is 48.7 Å². The minimum atomic E-state index is -0.0531. The monoisotopic (exact) mass is 298 g/mol. The predicted octanol–water partition coefficient (Wildman–Crippen LogP) is 1.77. The van der Waals surface area contributed by atoms with Crippen LogP contribution in [-0.4, -0.2) is 23.1 Å². The van der Waals surface area contributed by atoms with E-state index in [4.69, 9.17) is 0 Å². The number of nitrogens with zero attached hydrogens (tertiary/aromatic N) is 1. The summed E-state index contributed by atoms with van der Waals surface area (Å²) in [7, 11) is 2.08. The number of anilines is 1. The number of likely N-dealkylation sites (tertiary alicyclic amines) is 1. The van der Waals surface area contributed by atoms with Gasteiger partial charge in [-0.15, -0.1) is 0 Å². The van der Waals surface area contributed by atoms with Crippen molar-refractivity contribution in [3.63, 3.8) is 0 Å². The molecular weight excluding hydrogens is 274 g/mol. The number of aromatic nitrogens is 1. The fraction of sp³-hybridized carbons (Fsp3) is 0.389. The molecule has 3 atom stereocenters. The molecule has 22 heavy (non-hydrogen) atoms. The van der Waals surface area contributed by atoms with Crippen LogP contribution in [0.3, 0.4) is 0 Å². The first-order chi connectivity index (χ1) is 10.7. The van der Waals surface area contributed by atoms with E-state index in [9.17, 15) is 4.79 Å². The second-order valence-corrected chi connectivity index (χ2v) is 6.14. The summed E-state index contributed by atoms with van der Waals surface area (Å²) in [6.45, 7) is 3.09. The molecule has 1 aliphatic heterocycles. The van der Waals surface area contributed by atoms with Crippen LogP contribution in [-0.2, 0) is 11.8 Å². The van der Waals surface area contributed by atoms with Gasteiger partial charge >= 0.3 is 0 Å². The maximum atomic E-state index is 12.6. The quantitative estimate of drug-likeness (QED) is 0.887. The standard InChI is InChI=1S/C18H23N3O/c1-14(18(22)19-15-8-4-3-5-9-15)21-13-7-11-17(21)16-10-6-12-20(16)2/h3-6,8-10,12,14,17H,7,11,13H2,1-2H3,(H,19,22)/p+1/t14-,17-/m1/s1. The van der Waals surface area contributed by atoms with E-state index >= 15 is 0 Å². The lowest BCUT2D eigenvalue weighted by Gasteiger charge is -2.27. The molecule has 1 aliphatic rings. The van der Waals surface area contributed by atoms with Crippen molar-refractivity contribution in [3.05, 3.63) is 54.4 Å². The van der Waals surface area contributed by atoms with Gasteiger partial charge in [0.05, 0.1) is 12.2 Å². The zero-order valence-electron chi connectivity index (χ0n) is 13.3. The van der Waals surface area contributed by atoms with Crippen LogP contribution < -0.4 is 10.2 Å². The molecule has 0 bridgehead atoms. The molecule has 2 N–H and O–H groups in total. The minimum absolute atomic E-state index is 0.0531. The first-order valence-corrected chi connectivity index (χ1v) is 7.99. The highest BCUT2D eigenvalue weighted by Gasteiger charge is 2.38. The van der Waals surface area contributed by atoms with Gasteiger partial charge in [-0.05, 0) is 31.2 Å². The fourth-order valence-corrected chi connectivity index (χ4v) is 3.50. The molecule has 1 amide bonds. The van der Waals surface area contributed by atoms with Crippen LogP contribution >= 0.6 is 0 Å². The number of nitrogens with one attached hydrogen (secondary N) is 2. The van der Waals surface area contributed by atoms with Gasteiger partial charge in [0.1, 0.15) is 6.04 Å². The number of hydrogen-bond donors (Lipinski definition) is 2. The predicted molar refractivity (Wildman–Crippen MR) is 87.8 cm³/mol. The molecule has 0 radical (unpaired) electrons. The SMILES string of the molecule is C[C@H](C(=O)Nc1ccccc1)[NH+]1CCC[C@@H]1c1cccn1C. The van der Waals surface area contributed by atoms with Crippen molar-refractivity contribution in [2.45, 2.75) is 31.8 Å². The summed E-state index contributed by atoms with van der Waals surface area (Å²) in [5.74, 6) is 0.0994. The zero-order chi connectivity index (χ0) is 15.5. The molecule has 1 aromatic carbocycles. The van der Waals surface area contributed by atoms with E-state index in [1.807, 2.05) is 37.3 Å². The number of aryl methyl sites for hydroxylation is 1. The van der Waals surface area contributed by atoms with Crippen LogP contribution in [0.4, 0.5) is 5.69 Å². The molecule has 2 heterocycles. The van der Waals surface area contributed by atoms with Crippen LogP contribution in [0.1, 0.15) is 31.5 Å². The van der Waals surface area contributed by atoms with Crippen molar-refractivity contribution in [3.8, 4) is 0 Å². The molecule has 1 fully saturated rings. The second-order valence-electron chi connectivity index (χ2n) is 6.14. The Labute approximate surface area is 131 Å². The van der Waals surface area contributed by atoms with Crippen LogP contribution in [0, 0.1) is 0 Å². The average Bonchev–Trinajstić information content (AvgIpc) is 3.15. The molecule has 0 saturated carbocycles. The Morgan fingerprint density at radius 1 is 1.27 bits per heavy atom. The lowest BCUT2D eigenvalue weighted by Crippen LogP contribution is -3.15. The van der Waals surface area contributed by atoms with E-state index < -0.39 is 0 Å². The van der Waals surface area contributed by atoms with Gasteiger partial charge in [0.2, 0.25) is 0 Å². The maximum Gasteiger partial charge on any atom is 0.282 e. The van der Waals surface area contributed by atoms with Crippen LogP contribution in [0.2, 0.25) is 0 Å². The number of amides is 1. The lowest BCUT2D eigenvalue weighted by molar-refractivity contribution is -0.932.